The molecule has 7 heteroatoms. The Morgan fingerprint density at radius 1 is 1.12 bits per heavy atom. The Hall–Kier alpha value is -2.41. The monoisotopic (exact) mass is 345 g/mol. The van der Waals surface area contributed by atoms with Gasteiger partial charge >= 0.3 is 0 Å². The molecule has 2 heterocycles. The molecule has 3 N–H and O–H groups in total. The van der Waals surface area contributed by atoms with Gasteiger partial charge in [-0.25, -0.2) is 0 Å². The molecule has 0 saturated carbocycles. The highest BCUT2D eigenvalue weighted by molar-refractivity contribution is 7.14. The maximum absolute atomic E-state index is 12.3. The average Bonchev–Trinajstić information content (AvgIpc) is 3.17. The van der Waals surface area contributed by atoms with E-state index in [4.69, 9.17) is 0 Å². The van der Waals surface area contributed by atoms with Crippen molar-refractivity contribution in [2.45, 2.75) is 40.0 Å². The lowest BCUT2D eigenvalue weighted by Gasteiger charge is -2.06. The van der Waals surface area contributed by atoms with Gasteiger partial charge in [0, 0.05) is 16.1 Å². The van der Waals surface area contributed by atoms with E-state index in [1.807, 2.05) is 6.07 Å². The predicted octanol–water partition coefficient (Wildman–Crippen LogP) is 2.46. The van der Waals surface area contributed by atoms with E-state index in [9.17, 15) is 14.4 Å². The second kappa shape index (κ2) is 6.24. The maximum Gasteiger partial charge on any atom is 0.286 e. The Morgan fingerprint density at radius 3 is 2.46 bits per heavy atom. The fraction of sp³-hybridized carbons (Fsp3) is 0.353. The summed E-state index contributed by atoms with van der Waals surface area (Å²) in [5, 5.41) is 0. The molecule has 6 nitrogen and oxygen atoms in total. The van der Waals surface area contributed by atoms with Crippen LogP contribution in [-0.4, -0.2) is 22.6 Å². The van der Waals surface area contributed by atoms with Gasteiger partial charge in [-0.1, -0.05) is 0 Å². The molecule has 0 atom stereocenters. The van der Waals surface area contributed by atoms with Gasteiger partial charge in [-0.2, -0.15) is 0 Å². The Balaban J connectivity index is 1.68. The van der Waals surface area contributed by atoms with Gasteiger partial charge in [0.15, 0.2) is 5.78 Å². The Bertz CT molecular complexity index is 826. The van der Waals surface area contributed by atoms with Crippen LogP contribution in [0, 0.1) is 13.8 Å². The van der Waals surface area contributed by atoms with Crippen molar-refractivity contribution < 1.29 is 14.4 Å². The van der Waals surface area contributed by atoms with E-state index in [-0.39, 0.29) is 17.4 Å². The lowest BCUT2D eigenvalue weighted by atomic mass is 10.1. The van der Waals surface area contributed by atoms with Gasteiger partial charge in [0.05, 0.1) is 4.88 Å². The summed E-state index contributed by atoms with van der Waals surface area (Å²) in [4.78, 5) is 40.8. The van der Waals surface area contributed by atoms with Gasteiger partial charge in [0.1, 0.15) is 5.69 Å². The fourth-order valence-corrected chi connectivity index (χ4v) is 4.33. The number of H-pyrrole nitrogens is 1. The van der Waals surface area contributed by atoms with Crippen LogP contribution in [-0.2, 0) is 12.8 Å². The number of ketones is 1. The smallest absolute Gasteiger partial charge is 0.286 e. The number of nitrogens with one attached hydrogen (secondary N) is 3. The zero-order valence-corrected chi connectivity index (χ0v) is 14.6. The van der Waals surface area contributed by atoms with Crippen molar-refractivity contribution in [1.29, 1.82) is 0 Å². The first kappa shape index (κ1) is 16.4. The van der Waals surface area contributed by atoms with Crippen molar-refractivity contribution in [3.8, 4) is 0 Å². The first-order chi connectivity index (χ1) is 11.4. The third-order valence-electron chi connectivity index (χ3n) is 4.28. The first-order valence-corrected chi connectivity index (χ1v) is 8.62. The molecule has 3 rings (SSSR count). The number of hydrazine groups is 1. The summed E-state index contributed by atoms with van der Waals surface area (Å²) >= 11 is 1.48. The molecule has 24 heavy (non-hydrogen) atoms. The molecule has 0 aliphatic heterocycles. The zero-order valence-electron chi connectivity index (χ0n) is 13.8. The van der Waals surface area contributed by atoms with Crippen LogP contribution in [0.25, 0.3) is 0 Å². The van der Waals surface area contributed by atoms with Crippen molar-refractivity contribution in [3.63, 3.8) is 0 Å². The molecule has 0 spiro atoms. The molecule has 2 aromatic heterocycles. The van der Waals surface area contributed by atoms with E-state index in [1.165, 1.54) is 28.7 Å². The van der Waals surface area contributed by atoms with Gasteiger partial charge in [-0.15, -0.1) is 11.3 Å². The molecule has 126 valence electrons. The van der Waals surface area contributed by atoms with Crippen molar-refractivity contribution >= 4 is 28.9 Å². The van der Waals surface area contributed by atoms with E-state index in [1.54, 1.807) is 13.8 Å². The lowest BCUT2D eigenvalue weighted by Crippen LogP contribution is -2.41. The maximum atomic E-state index is 12.3. The first-order valence-electron chi connectivity index (χ1n) is 7.81. The summed E-state index contributed by atoms with van der Waals surface area (Å²) in [7, 11) is 0. The van der Waals surface area contributed by atoms with E-state index in [2.05, 4.69) is 15.8 Å². The van der Waals surface area contributed by atoms with Crippen LogP contribution in [0.1, 0.15) is 65.6 Å². The molecule has 2 amide bonds. The van der Waals surface area contributed by atoms with Crippen LogP contribution in [0.2, 0.25) is 0 Å². The number of thiophene rings is 1. The van der Waals surface area contributed by atoms with E-state index in [0.29, 0.717) is 21.7 Å². The minimum atomic E-state index is -0.472. The van der Waals surface area contributed by atoms with Gasteiger partial charge < -0.3 is 4.98 Å². The van der Waals surface area contributed by atoms with Crippen molar-refractivity contribution in [2.75, 3.05) is 0 Å². The quantitative estimate of drug-likeness (QED) is 0.589. The van der Waals surface area contributed by atoms with Gasteiger partial charge in [-0.3, -0.25) is 25.2 Å². The summed E-state index contributed by atoms with van der Waals surface area (Å²) in [6.45, 7) is 4.91. The number of hydrogen-bond acceptors (Lipinski definition) is 4. The Labute approximate surface area is 143 Å². The standard InChI is InChI=1S/C17H19N3O3S/c1-8-14(10(3)21)9(2)18-15(8)17(23)20-19-16(22)13-7-11-5-4-6-12(11)24-13/h7,18H,4-6H2,1-3H3,(H,19,22)(H,20,23). The van der Waals surface area contributed by atoms with Crippen molar-refractivity contribution in [2.24, 2.45) is 0 Å². The molecule has 0 radical (unpaired) electrons. The number of aromatic amines is 1. The number of carbonyl (C=O) groups is 3. The average molecular weight is 345 g/mol. The van der Waals surface area contributed by atoms with E-state index >= 15 is 0 Å². The molecule has 0 unspecified atom stereocenters. The normalized spacial score (nSPS) is 12.8. The molecule has 0 aromatic carbocycles. The largest absolute Gasteiger partial charge is 0.354 e. The third kappa shape index (κ3) is 2.87. The minimum absolute atomic E-state index is 0.0996. The highest BCUT2D eigenvalue weighted by atomic mass is 32.1. The van der Waals surface area contributed by atoms with Gasteiger partial charge in [-0.05, 0) is 57.2 Å². The fourth-order valence-electron chi connectivity index (χ4n) is 3.18. The van der Waals surface area contributed by atoms with Gasteiger partial charge in [0.2, 0.25) is 0 Å². The third-order valence-corrected chi connectivity index (χ3v) is 5.51. The number of rotatable bonds is 3. The van der Waals surface area contributed by atoms with Crippen LogP contribution < -0.4 is 10.9 Å². The molecule has 0 bridgehead atoms. The van der Waals surface area contributed by atoms with Crippen LogP contribution in [0.15, 0.2) is 6.07 Å². The summed E-state index contributed by atoms with van der Waals surface area (Å²) in [5.41, 5.74) is 8.11. The predicted molar refractivity (Wildman–Crippen MR) is 91.5 cm³/mol. The second-order valence-corrected chi connectivity index (χ2v) is 7.14. The van der Waals surface area contributed by atoms with Gasteiger partial charge in [0.25, 0.3) is 11.8 Å². The van der Waals surface area contributed by atoms with Crippen molar-refractivity contribution in [3.05, 3.63) is 43.9 Å². The summed E-state index contributed by atoms with van der Waals surface area (Å²) in [5.74, 6) is -0.895. The second-order valence-electron chi connectivity index (χ2n) is 6.00. The van der Waals surface area contributed by atoms with Crippen LogP contribution in [0.5, 0.6) is 0 Å². The van der Waals surface area contributed by atoms with Crippen LogP contribution >= 0.6 is 11.3 Å². The molecular formula is C17H19N3O3S. The molecule has 2 aromatic rings. The molecule has 1 aliphatic rings. The molecule has 1 aliphatic carbocycles. The molecular weight excluding hydrogens is 326 g/mol. The minimum Gasteiger partial charge on any atom is -0.354 e. The summed E-state index contributed by atoms with van der Waals surface area (Å²) < 4.78 is 0. The van der Waals surface area contributed by atoms with E-state index in [0.717, 1.165) is 19.3 Å². The zero-order chi connectivity index (χ0) is 17.4. The number of carbonyl (C=O) groups excluding carboxylic acids is 3. The van der Waals surface area contributed by atoms with Crippen LogP contribution in [0.4, 0.5) is 0 Å². The van der Waals surface area contributed by atoms with Crippen molar-refractivity contribution in [1.82, 2.24) is 15.8 Å². The lowest BCUT2D eigenvalue weighted by molar-refractivity contribution is 0.0846. The molecule has 0 saturated heterocycles. The number of hydrogen-bond donors (Lipinski definition) is 3. The topological polar surface area (TPSA) is 91.1 Å². The summed E-state index contributed by atoms with van der Waals surface area (Å²) in [6.07, 6.45) is 3.18. The molecule has 0 fully saturated rings. The number of fused-ring (bicyclic) bond motifs is 1. The number of aromatic nitrogens is 1. The highest BCUT2D eigenvalue weighted by Crippen LogP contribution is 2.30. The Kier molecular flexibility index (Phi) is 4.28. The van der Waals surface area contributed by atoms with Crippen LogP contribution in [0.3, 0.4) is 0 Å². The Morgan fingerprint density at radius 2 is 1.83 bits per heavy atom. The number of amides is 2. The van der Waals surface area contributed by atoms with E-state index < -0.39 is 5.91 Å². The SMILES string of the molecule is CC(=O)c1c(C)[nH]c(C(=O)NNC(=O)c2cc3c(s2)CCC3)c1C. The highest BCUT2D eigenvalue weighted by Gasteiger charge is 2.21. The number of aryl methyl sites for hydroxylation is 3. The number of Topliss-reactive ketones (excluding diaryl/α,β-unsaturated/α-hetero) is 1. The summed E-state index contributed by atoms with van der Waals surface area (Å²) in [6, 6.07) is 1.90.